The lowest BCUT2D eigenvalue weighted by molar-refractivity contribution is -0.123. The largest absolute Gasteiger partial charge is 0.377 e. The number of carbonyl (C=O) groups is 1. The van der Waals surface area contributed by atoms with Crippen molar-refractivity contribution in [3.8, 4) is 0 Å². The summed E-state index contributed by atoms with van der Waals surface area (Å²) in [5.41, 5.74) is 0.0120. The molecule has 0 bridgehead atoms. The summed E-state index contributed by atoms with van der Waals surface area (Å²) >= 11 is 0. The van der Waals surface area contributed by atoms with Crippen LogP contribution in [0.1, 0.15) is 0 Å². The number of fused-ring (bicyclic) bond motifs is 1. The van der Waals surface area contributed by atoms with Crippen molar-refractivity contribution in [1.82, 2.24) is 24.8 Å². The summed E-state index contributed by atoms with van der Waals surface area (Å²) < 4.78 is 7.13. The van der Waals surface area contributed by atoms with E-state index >= 15 is 0 Å². The molecule has 0 saturated carbocycles. The lowest BCUT2D eigenvalue weighted by Crippen LogP contribution is -2.29. The standard InChI is InChI=1S/C9H11N5O3/c1-13-8-7(3-10-13)9(16)14(12-11-8)4-6(15)5-17-2/h3H,4-5H2,1-2H3. The van der Waals surface area contributed by atoms with Crippen molar-refractivity contribution in [2.24, 2.45) is 7.05 Å². The van der Waals surface area contributed by atoms with Crippen molar-refractivity contribution in [1.29, 1.82) is 0 Å². The average Bonchev–Trinajstić information content (AvgIpc) is 2.66. The Kier molecular flexibility index (Phi) is 2.96. The SMILES string of the molecule is COCC(=O)Cn1nnc2c(cnn2C)c1=O. The average molecular weight is 237 g/mol. The molecule has 0 saturated heterocycles. The maximum absolute atomic E-state index is 11.9. The molecule has 0 spiro atoms. The minimum atomic E-state index is -0.382. The zero-order valence-electron chi connectivity index (χ0n) is 9.45. The highest BCUT2D eigenvalue weighted by Crippen LogP contribution is 2.01. The highest BCUT2D eigenvalue weighted by Gasteiger charge is 2.11. The molecule has 0 aliphatic rings. The predicted molar refractivity (Wildman–Crippen MR) is 57.4 cm³/mol. The molecule has 0 aliphatic carbocycles. The first-order chi connectivity index (χ1) is 8.13. The van der Waals surface area contributed by atoms with Crippen LogP contribution in [0.2, 0.25) is 0 Å². The zero-order valence-corrected chi connectivity index (χ0v) is 9.45. The lowest BCUT2D eigenvalue weighted by Gasteiger charge is -2.01. The van der Waals surface area contributed by atoms with Gasteiger partial charge < -0.3 is 4.74 Å². The molecule has 0 aromatic carbocycles. The van der Waals surface area contributed by atoms with Crippen molar-refractivity contribution >= 4 is 16.8 Å². The highest BCUT2D eigenvalue weighted by molar-refractivity contribution is 5.79. The van der Waals surface area contributed by atoms with E-state index in [9.17, 15) is 9.59 Å². The molecular formula is C9H11N5O3. The molecule has 0 fully saturated rings. The molecule has 17 heavy (non-hydrogen) atoms. The van der Waals surface area contributed by atoms with Crippen molar-refractivity contribution in [2.45, 2.75) is 6.54 Å². The fourth-order valence-corrected chi connectivity index (χ4v) is 1.45. The molecule has 90 valence electrons. The topological polar surface area (TPSA) is 91.9 Å². The van der Waals surface area contributed by atoms with Gasteiger partial charge in [0.1, 0.15) is 18.5 Å². The van der Waals surface area contributed by atoms with Gasteiger partial charge in [0, 0.05) is 14.2 Å². The second kappa shape index (κ2) is 4.42. The summed E-state index contributed by atoms with van der Waals surface area (Å²) in [6.45, 7) is -0.205. The first-order valence-electron chi connectivity index (χ1n) is 4.89. The number of hydrogen-bond acceptors (Lipinski definition) is 6. The molecule has 0 unspecified atom stereocenters. The van der Waals surface area contributed by atoms with E-state index in [0.717, 1.165) is 4.68 Å². The second-order valence-corrected chi connectivity index (χ2v) is 3.53. The normalized spacial score (nSPS) is 10.9. The van der Waals surface area contributed by atoms with Crippen LogP contribution in [0.15, 0.2) is 11.0 Å². The number of rotatable bonds is 4. The summed E-state index contributed by atoms with van der Waals surface area (Å²) in [6.07, 6.45) is 1.41. The van der Waals surface area contributed by atoms with Gasteiger partial charge in [-0.25, -0.2) is 9.36 Å². The fourth-order valence-electron chi connectivity index (χ4n) is 1.45. The van der Waals surface area contributed by atoms with E-state index in [4.69, 9.17) is 0 Å². The van der Waals surface area contributed by atoms with Gasteiger partial charge in [-0.2, -0.15) is 5.10 Å². The summed E-state index contributed by atoms with van der Waals surface area (Å²) in [5, 5.41) is 11.8. The fraction of sp³-hybridized carbons (Fsp3) is 0.444. The Labute approximate surface area is 95.8 Å². The molecule has 2 aromatic rings. The van der Waals surface area contributed by atoms with Gasteiger partial charge in [0.2, 0.25) is 0 Å². The minimum Gasteiger partial charge on any atom is -0.377 e. The molecule has 2 aromatic heterocycles. The molecule has 0 aliphatic heterocycles. The van der Waals surface area contributed by atoms with Crippen molar-refractivity contribution < 1.29 is 9.53 Å². The Morgan fingerprint density at radius 1 is 1.53 bits per heavy atom. The maximum Gasteiger partial charge on any atom is 0.281 e. The first kappa shape index (κ1) is 11.4. The van der Waals surface area contributed by atoms with E-state index in [1.54, 1.807) is 7.05 Å². The van der Waals surface area contributed by atoms with Crippen LogP contribution < -0.4 is 5.56 Å². The Morgan fingerprint density at radius 2 is 2.29 bits per heavy atom. The van der Waals surface area contributed by atoms with Crippen LogP contribution >= 0.6 is 0 Å². The number of aromatic nitrogens is 5. The van der Waals surface area contributed by atoms with Crippen molar-refractivity contribution in [3.05, 3.63) is 16.6 Å². The molecule has 0 N–H and O–H groups in total. The molecule has 0 amide bonds. The van der Waals surface area contributed by atoms with Crippen molar-refractivity contribution in [3.63, 3.8) is 0 Å². The third-order valence-corrected chi connectivity index (χ3v) is 2.25. The van der Waals surface area contributed by atoms with Crippen LogP contribution in [-0.2, 0) is 23.1 Å². The summed E-state index contributed by atoms with van der Waals surface area (Å²) in [4.78, 5) is 23.2. The van der Waals surface area contributed by atoms with Gasteiger partial charge in [-0.15, -0.1) is 5.10 Å². The maximum atomic E-state index is 11.9. The molecule has 0 radical (unpaired) electrons. The summed E-state index contributed by atoms with van der Waals surface area (Å²) in [6, 6.07) is 0. The molecular weight excluding hydrogens is 226 g/mol. The minimum absolute atomic E-state index is 0.0564. The van der Waals surface area contributed by atoms with E-state index in [2.05, 4.69) is 20.1 Å². The third-order valence-electron chi connectivity index (χ3n) is 2.25. The number of ketones is 1. The van der Waals surface area contributed by atoms with Crippen LogP contribution in [0.4, 0.5) is 0 Å². The smallest absolute Gasteiger partial charge is 0.281 e. The molecule has 2 rings (SSSR count). The van der Waals surface area contributed by atoms with Crippen LogP contribution in [0, 0.1) is 0 Å². The molecule has 0 atom stereocenters. The monoisotopic (exact) mass is 237 g/mol. The summed E-state index contributed by atoms with van der Waals surface area (Å²) in [5.74, 6) is -0.243. The van der Waals surface area contributed by atoms with Crippen LogP contribution in [0.25, 0.3) is 11.0 Å². The van der Waals surface area contributed by atoms with E-state index < -0.39 is 0 Å². The number of methoxy groups -OCH3 is 1. The van der Waals surface area contributed by atoms with Crippen LogP contribution in [-0.4, -0.2) is 44.3 Å². The number of nitrogens with zero attached hydrogens (tertiary/aromatic N) is 5. The van der Waals surface area contributed by atoms with Gasteiger partial charge in [0.05, 0.1) is 6.20 Å². The van der Waals surface area contributed by atoms with E-state index in [1.807, 2.05) is 0 Å². The van der Waals surface area contributed by atoms with E-state index in [1.165, 1.54) is 18.0 Å². The van der Waals surface area contributed by atoms with E-state index in [0.29, 0.717) is 11.0 Å². The summed E-state index contributed by atoms with van der Waals surface area (Å²) in [7, 11) is 3.08. The van der Waals surface area contributed by atoms with Crippen LogP contribution in [0.5, 0.6) is 0 Å². The third kappa shape index (κ3) is 2.07. The van der Waals surface area contributed by atoms with Crippen molar-refractivity contribution in [2.75, 3.05) is 13.7 Å². The van der Waals surface area contributed by atoms with Gasteiger partial charge >= 0.3 is 0 Å². The quantitative estimate of drug-likeness (QED) is 0.659. The lowest BCUT2D eigenvalue weighted by atomic mass is 10.4. The Morgan fingerprint density at radius 3 is 3.00 bits per heavy atom. The van der Waals surface area contributed by atoms with E-state index in [-0.39, 0.29) is 24.5 Å². The highest BCUT2D eigenvalue weighted by atomic mass is 16.5. The number of carbonyl (C=O) groups excluding carboxylic acids is 1. The molecule has 8 nitrogen and oxygen atoms in total. The van der Waals surface area contributed by atoms with Gasteiger partial charge in [-0.3, -0.25) is 9.59 Å². The Balaban J connectivity index is 2.40. The number of ether oxygens (including phenoxy) is 1. The number of Topliss-reactive ketones (excluding diaryl/α,β-unsaturated/α-hetero) is 1. The number of hydrogen-bond donors (Lipinski definition) is 0. The predicted octanol–water partition coefficient (Wildman–Crippen LogP) is -1.26. The van der Waals surface area contributed by atoms with Crippen LogP contribution in [0.3, 0.4) is 0 Å². The zero-order chi connectivity index (χ0) is 12.4. The molecule has 2 heterocycles. The Hall–Kier alpha value is -2.09. The molecule has 8 heteroatoms. The van der Waals surface area contributed by atoms with Gasteiger partial charge in [0.15, 0.2) is 11.4 Å². The Bertz CT molecular complexity index is 615. The number of aryl methyl sites for hydroxylation is 1. The second-order valence-electron chi connectivity index (χ2n) is 3.53. The van der Waals surface area contributed by atoms with Gasteiger partial charge in [0.25, 0.3) is 5.56 Å². The van der Waals surface area contributed by atoms with Gasteiger partial charge in [-0.05, 0) is 0 Å². The van der Waals surface area contributed by atoms with Gasteiger partial charge in [-0.1, -0.05) is 5.21 Å². The first-order valence-corrected chi connectivity index (χ1v) is 4.89.